The van der Waals surface area contributed by atoms with Crippen LogP contribution in [0.15, 0.2) is 29.1 Å². The molecule has 0 aliphatic rings. The fourth-order valence-electron chi connectivity index (χ4n) is 1.99. The van der Waals surface area contributed by atoms with E-state index in [0.29, 0.717) is 17.8 Å². The summed E-state index contributed by atoms with van der Waals surface area (Å²) in [6.45, 7) is 2.58. The average Bonchev–Trinajstić information content (AvgIpc) is 2.93. The molecule has 0 aliphatic carbocycles. The molecule has 1 aromatic carbocycles. The highest BCUT2D eigenvalue weighted by Gasteiger charge is 2.35. The number of nitrogens with one attached hydrogen (secondary N) is 1. The summed E-state index contributed by atoms with van der Waals surface area (Å²) in [5, 5.41) is 4.91. The highest BCUT2D eigenvalue weighted by atomic mass is 32.1. The number of halogens is 4. The Morgan fingerprint density at radius 1 is 1.33 bits per heavy atom. The largest absolute Gasteiger partial charge is 0.419 e. The van der Waals surface area contributed by atoms with E-state index in [2.05, 4.69) is 10.3 Å². The van der Waals surface area contributed by atoms with Gasteiger partial charge in [-0.15, -0.1) is 11.3 Å². The van der Waals surface area contributed by atoms with Crippen LogP contribution in [-0.4, -0.2) is 11.5 Å². The Labute approximate surface area is 123 Å². The van der Waals surface area contributed by atoms with E-state index in [4.69, 9.17) is 0 Å². The minimum absolute atomic E-state index is 0.350. The van der Waals surface area contributed by atoms with Crippen molar-refractivity contribution < 1.29 is 17.6 Å². The monoisotopic (exact) mass is 318 g/mol. The van der Waals surface area contributed by atoms with Gasteiger partial charge >= 0.3 is 6.18 Å². The van der Waals surface area contributed by atoms with Crippen LogP contribution in [0.2, 0.25) is 0 Å². The highest BCUT2D eigenvalue weighted by molar-refractivity contribution is 7.07. The molecule has 0 bridgehead atoms. The molecular formula is C14H14F4N2S. The Balaban J connectivity index is 2.41. The number of benzene rings is 1. The average molecular weight is 318 g/mol. The minimum atomic E-state index is -4.71. The molecule has 21 heavy (non-hydrogen) atoms. The van der Waals surface area contributed by atoms with E-state index in [-0.39, 0.29) is 0 Å². The van der Waals surface area contributed by atoms with E-state index in [1.165, 1.54) is 17.4 Å². The molecule has 0 saturated carbocycles. The fourth-order valence-corrected chi connectivity index (χ4v) is 2.57. The van der Waals surface area contributed by atoms with E-state index in [1.807, 2.05) is 6.92 Å². The second-order valence-electron chi connectivity index (χ2n) is 4.54. The molecule has 7 heteroatoms. The Hall–Kier alpha value is -1.47. The van der Waals surface area contributed by atoms with E-state index in [0.717, 1.165) is 18.6 Å². The van der Waals surface area contributed by atoms with Crippen molar-refractivity contribution in [3.05, 3.63) is 51.7 Å². The summed E-state index contributed by atoms with van der Waals surface area (Å²) in [7, 11) is 0. The number of hydrogen-bond acceptors (Lipinski definition) is 3. The summed E-state index contributed by atoms with van der Waals surface area (Å²) >= 11 is 1.36. The lowest BCUT2D eigenvalue weighted by Gasteiger charge is -2.19. The van der Waals surface area contributed by atoms with Crippen LogP contribution in [0, 0.1) is 5.82 Å². The molecule has 0 saturated heterocycles. The summed E-state index contributed by atoms with van der Waals surface area (Å²) in [5.74, 6) is -1.27. The number of alkyl halides is 3. The first-order chi connectivity index (χ1) is 9.93. The first-order valence-corrected chi connectivity index (χ1v) is 7.36. The zero-order valence-corrected chi connectivity index (χ0v) is 12.1. The van der Waals surface area contributed by atoms with Gasteiger partial charge in [0.25, 0.3) is 0 Å². The maximum Gasteiger partial charge on any atom is 0.419 e. The van der Waals surface area contributed by atoms with Crippen molar-refractivity contribution in [2.24, 2.45) is 0 Å². The van der Waals surface area contributed by atoms with Crippen LogP contribution in [-0.2, 0) is 6.18 Å². The van der Waals surface area contributed by atoms with Crippen LogP contribution in [0.5, 0.6) is 0 Å². The molecule has 0 fully saturated rings. The molecule has 2 aromatic rings. The number of nitrogens with zero attached hydrogens (tertiary/aromatic N) is 1. The van der Waals surface area contributed by atoms with Gasteiger partial charge in [0, 0.05) is 5.38 Å². The third-order valence-electron chi connectivity index (χ3n) is 2.97. The summed E-state index contributed by atoms with van der Waals surface area (Å²) in [4.78, 5) is 4.14. The predicted molar refractivity (Wildman–Crippen MR) is 73.7 cm³/mol. The predicted octanol–water partition coefficient (Wildman–Crippen LogP) is 4.39. The third-order valence-corrected chi connectivity index (χ3v) is 3.58. The minimum Gasteiger partial charge on any atom is -0.305 e. The van der Waals surface area contributed by atoms with Gasteiger partial charge in [0.15, 0.2) is 0 Å². The molecule has 1 atom stereocenters. The number of hydrogen-bond donors (Lipinski definition) is 1. The third kappa shape index (κ3) is 3.79. The van der Waals surface area contributed by atoms with Crippen molar-refractivity contribution in [3.8, 4) is 0 Å². The van der Waals surface area contributed by atoms with Gasteiger partial charge in [-0.1, -0.05) is 13.0 Å². The SMILES string of the molecule is CCCNC(c1ccc(F)c(C(F)(F)F)c1)c1cscn1. The lowest BCUT2D eigenvalue weighted by Crippen LogP contribution is -2.24. The summed E-state index contributed by atoms with van der Waals surface area (Å²) in [6.07, 6.45) is -3.88. The molecule has 0 amide bonds. The molecule has 1 aromatic heterocycles. The van der Waals surface area contributed by atoms with E-state index in [1.54, 1.807) is 10.9 Å². The highest BCUT2D eigenvalue weighted by Crippen LogP contribution is 2.34. The summed E-state index contributed by atoms with van der Waals surface area (Å²) in [6, 6.07) is 2.59. The van der Waals surface area contributed by atoms with Crippen LogP contribution in [0.1, 0.15) is 36.2 Å². The summed E-state index contributed by atoms with van der Waals surface area (Å²) in [5.41, 5.74) is 1.35. The molecule has 0 aliphatic heterocycles. The lowest BCUT2D eigenvalue weighted by atomic mass is 10.0. The number of aromatic nitrogens is 1. The van der Waals surface area contributed by atoms with Gasteiger partial charge in [0.05, 0.1) is 22.8 Å². The van der Waals surface area contributed by atoms with E-state index >= 15 is 0 Å². The Bertz CT molecular complexity index is 581. The Morgan fingerprint density at radius 2 is 2.10 bits per heavy atom. The van der Waals surface area contributed by atoms with Crippen molar-refractivity contribution in [2.45, 2.75) is 25.6 Å². The van der Waals surface area contributed by atoms with Gasteiger partial charge in [0.2, 0.25) is 0 Å². The van der Waals surface area contributed by atoms with Crippen LogP contribution in [0.25, 0.3) is 0 Å². The van der Waals surface area contributed by atoms with Crippen molar-refractivity contribution in [2.75, 3.05) is 6.54 Å². The molecule has 0 radical (unpaired) electrons. The zero-order valence-electron chi connectivity index (χ0n) is 11.2. The molecule has 1 N–H and O–H groups in total. The maximum absolute atomic E-state index is 13.4. The lowest BCUT2D eigenvalue weighted by molar-refractivity contribution is -0.140. The Kier molecular flexibility index (Phi) is 4.95. The number of rotatable bonds is 5. The van der Waals surface area contributed by atoms with Crippen LogP contribution in [0.4, 0.5) is 17.6 Å². The fraction of sp³-hybridized carbons (Fsp3) is 0.357. The van der Waals surface area contributed by atoms with Crippen LogP contribution >= 0.6 is 11.3 Å². The zero-order chi connectivity index (χ0) is 15.5. The van der Waals surface area contributed by atoms with Crippen molar-refractivity contribution >= 4 is 11.3 Å². The normalized spacial score (nSPS) is 13.4. The molecule has 2 rings (SSSR count). The molecule has 1 unspecified atom stereocenters. The molecule has 2 nitrogen and oxygen atoms in total. The number of thiazole rings is 1. The van der Waals surface area contributed by atoms with Gasteiger partial charge in [-0.2, -0.15) is 13.2 Å². The van der Waals surface area contributed by atoms with Gasteiger partial charge < -0.3 is 5.32 Å². The topological polar surface area (TPSA) is 24.9 Å². The Morgan fingerprint density at radius 3 is 2.67 bits per heavy atom. The van der Waals surface area contributed by atoms with E-state index in [9.17, 15) is 17.6 Å². The van der Waals surface area contributed by atoms with Crippen molar-refractivity contribution in [3.63, 3.8) is 0 Å². The van der Waals surface area contributed by atoms with Gasteiger partial charge in [-0.3, -0.25) is 0 Å². The second-order valence-corrected chi connectivity index (χ2v) is 5.26. The van der Waals surface area contributed by atoms with Crippen molar-refractivity contribution in [1.29, 1.82) is 0 Å². The van der Waals surface area contributed by atoms with Gasteiger partial charge in [-0.05, 0) is 30.7 Å². The molecule has 1 heterocycles. The standard InChI is InChI=1S/C14H14F4N2S/c1-2-5-19-13(12-7-21-8-20-12)9-3-4-11(15)10(6-9)14(16,17)18/h3-4,6-8,13,19H,2,5H2,1H3. The smallest absolute Gasteiger partial charge is 0.305 e. The van der Waals surface area contributed by atoms with Crippen molar-refractivity contribution in [1.82, 2.24) is 10.3 Å². The van der Waals surface area contributed by atoms with Crippen LogP contribution < -0.4 is 5.32 Å². The first kappa shape index (κ1) is 15.9. The molecule has 0 spiro atoms. The quantitative estimate of drug-likeness (QED) is 0.827. The molecular weight excluding hydrogens is 304 g/mol. The molecule has 114 valence electrons. The van der Waals surface area contributed by atoms with Crippen LogP contribution in [0.3, 0.4) is 0 Å². The second kappa shape index (κ2) is 6.53. The van der Waals surface area contributed by atoms with Gasteiger partial charge in [-0.25, -0.2) is 9.37 Å². The van der Waals surface area contributed by atoms with Gasteiger partial charge in [0.1, 0.15) is 5.82 Å². The maximum atomic E-state index is 13.4. The van der Waals surface area contributed by atoms with E-state index < -0.39 is 23.6 Å². The summed E-state index contributed by atoms with van der Waals surface area (Å²) < 4.78 is 51.8. The first-order valence-electron chi connectivity index (χ1n) is 6.41.